The Labute approximate surface area is 120 Å². The summed E-state index contributed by atoms with van der Waals surface area (Å²) in [5.74, 6) is 0. The number of benzene rings is 2. The fourth-order valence-electron chi connectivity index (χ4n) is 2.55. The van der Waals surface area contributed by atoms with Gasteiger partial charge in [-0.2, -0.15) is 0 Å². The van der Waals surface area contributed by atoms with Gasteiger partial charge in [0.25, 0.3) is 0 Å². The van der Waals surface area contributed by atoms with E-state index in [1.807, 2.05) is 24.3 Å². The number of hydrogen-bond donors (Lipinski definition) is 1. The standard InChI is InChI=1S/C17H20ClN/c1-10-9-11(2)13(4)16(12(10)3)17(19)14-5-7-15(18)8-6-14/h5-9,17H,19H2,1-4H3. The molecule has 0 aromatic heterocycles. The Kier molecular flexibility index (Phi) is 3.98. The predicted octanol–water partition coefficient (Wildman–Crippen LogP) is 4.62. The van der Waals surface area contributed by atoms with Crippen LogP contribution in [0.3, 0.4) is 0 Å². The molecule has 19 heavy (non-hydrogen) atoms. The second kappa shape index (κ2) is 5.36. The van der Waals surface area contributed by atoms with Crippen molar-refractivity contribution in [2.45, 2.75) is 33.7 Å². The molecule has 0 radical (unpaired) electrons. The van der Waals surface area contributed by atoms with Crippen molar-refractivity contribution in [2.24, 2.45) is 5.73 Å². The SMILES string of the molecule is Cc1cc(C)c(C)c(C(N)c2ccc(Cl)cc2)c1C. The highest BCUT2D eigenvalue weighted by molar-refractivity contribution is 6.30. The maximum absolute atomic E-state index is 6.46. The average molecular weight is 274 g/mol. The van der Waals surface area contributed by atoms with Gasteiger partial charge in [-0.1, -0.05) is 29.8 Å². The van der Waals surface area contributed by atoms with Gasteiger partial charge in [-0.15, -0.1) is 0 Å². The lowest BCUT2D eigenvalue weighted by Crippen LogP contribution is -2.16. The quantitative estimate of drug-likeness (QED) is 0.849. The normalized spacial score (nSPS) is 12.5. The minimum absolute atomic E-state index is 0.101. The van der Waals surface area contributed by atoms with Gasteiger partial charge in [0.05, 0.1) is 6.04 Å². The second-order valence-corrected chi connectivity index (χ2v) is 5.64. The Morgan fingerprint density at radius 2 is 1.37 bits per heavy atom. The van der Waals surface area contributed by atoms with Gasteiger partial charge in [0.2, 0.25) is 0 Å². The predicted molar refractivity (Wildman–Crippen MR) is 82.9 cm³/mol. The van der Waals surface area contributed by atoms with Crippen LogP contribution in [0.1, 0.15) is 39.4 Å². The van der Waals surface area contributed by atoms with Crippen molar-refractivity contribution in [1.29, 1.82) is 0 Å². The Balaban J connectivity index is 2.55. The summed E-state index contributed by atoms with van der Waals surface area (Å²) in [6, 6.07) is 9.92. The summed E-state index contributed by atoms with van der Waals surface area (Å²) in [5.41, 5.74) is 14.0. The zero-order valence-electron chi connectivity index (χ0n) is 11.9. The summed E-state index contributed by atoms with van der Waals surface area (Å²) >= 11 is 5.93. The minimum Gasteiger partial charge on any atom is -0.320 e. The Morgan fingerprint density at radius 1 is 0.895 bits per heavy atom. The molecule has 0 fully saturated rings. The topological polar surface area (TPSA) is 26.0 Å². The maximum Gasteiger partial charge on any atom is 0.0557 e. The first-order valence-electron chi connectivity index (χ1n) is 6.50. The van der Waals surface area contributed by atoms with Crippen molar-refractivity contribution in [3.63, 3.8) is 0 Å². The molecule has 100 valence electrons. The molecule has 0 aliphatic carbocycles. The highest BCUT2D eigenvalue weighted by Gasteiger charge is 2.16. The first-order chi connectivity index (χ1) is 8.91. The number of aryl methyl sites for hydroxylation is 2. The molecule has 2 aromatic rings. The van der Waals surface area contributed by atoms with Crippen LogP contribution in [-0.4, -0.2) is 0 Å². The van der Waals surface area contributed by atoms with E-state index >= 15 is 0 Å². The van der Waals surface area contributed by atoms with Crippen LogP contribution in [0.15, 0.2) is 30.3 Å². The van der Waals surface area contributed by atoms with Crippen molar-refractivity contribution in [3.05, 3.63) is 68.7 Å². The van der Waals surface area contributed by atoms with Crippen molar-refractivity contribution in [3.8, 4) is 0 Å². The zero-order chi connectivity index (χ0) is 14.2. The summed E-state index contributed by atoms with van der Waals surface area (Å²) < 4.78 is 0. The van der Waals surface area contributed by atoms with Crippen molar-refractivity contribution in [1.82, 2.24) is 0 Å². The minimum atomic E-state index is -0.101. The molecule has 2 N–H and O–H groups in total. The number of halogens is 1. The average Bonchev–Trinajstić information content (AvgIpc) is 2.37. The van der Waals surface area contributed by atoms with E-state index in [4.69, 9.17) is 17.3 Å². The third-order valence-electron chi connectivity index (χ3n) is 3.96. The molecule has 0 saturated heterocycles. The largest absolute Gasteiger partial charge is 0.320 e. The van der Waals surface area contributed by atoms with E-state index < -0.39 is 0 Å². The third-order valence-corrected chi connectivity index (χ3v) is 4.22. The van der Waals surface area contributed by atoms with E-state index in [0.29, 0.717) is 0 Å². The van der Waals surface area contributed by atoms with Gasteiger partial charge < -0.3 is 5.73 Å². The summed E-state index contributed by atoms with van der Waals surface area (Å²) in [7, 11) is 0. The highest BCUT2D eigenvalue weighted by atomic mass is 35.5. The molecule has 0 amide bonds. The van der Waals surface area contributed by atoms with Crippen molar-refractivity contribution >= 4 is 11.6 Å². The van der Waals surface area contributed by atoms with Crippen molar-refractivity contribution in [2.75, 3.05) is 0 Å². The summed E-state index contributed by atoms with van der Waals surface area (Å²) in [6.07, 6.45) is 0. The summed E-state index contributed by atoms with van der Waals surface area (Å²) in [4.78, 5) is 0. The van der Waals surface area contributed by atoms with E-state index in [2.05, 4.69) is 33.8 Å². The van der Waals surface area contributed by atoms with E-state index in [0.717, 1.165) is 10.6 Å². The molecule has 0 heterocycles. The molecule has 0 aliphatic rings. The molecule has 0 saturated carbocycles. The first-order valence-corrected chi connectivity index (χ1v) is 6.88. The molecular weight excluding hydrogens is 254 g/mol. The van der Waals surface area contributed by atoms with Gasteiger partial charge in [-0.25, -0.2) is 0 Å². The maximum atomic E-state index is 6.46. The monoisotopic (exact) mass is 273 g/mol. The molecule has 1 nitrogen and oxygen atoms in total. The molecule has 1 unspecified atom stereocenters. The van der Waals surface area contributed by atoms with E-state index in [1.165, 1.54) is 27.8 Å². The van der Waals surface area contributed by atoms with E-state index in [-0.39, 0.29) is 6.04 Å². The Morgan fingerprint density at radius 3 is 1.84 bits per heavy atom. The van der Waals surface area contributed by atoms with Gasteiger partial charge in [0.15, 0.2) is 0 Å². The first kappa shape index (κ1) is 14.1. The van der Waals surface area contributed by atoms with Crippen LogP contribution in [0.5, 0.6) is 0 Å². The van der Waals surface area contributed by atoms with E-state index in [1.54, 1.807) is 0 Å². The van der Waals surface area contributed by atoms with Crippen LogP contribution in [-0.2, 0) is 0 Å². The lowest BCUT2D eigenvalue weighted by atomic mass is 9.87. The van der Waals surface area contributed by atoms with Crippen LogP contribution in [0.25, 0.3) is 0 Å². The van der Waals surface area contributed by atoms with Gasteiger partial charge in [0, 0.05) is 5.02 Å². The fraction of sp³-hybridized carbons (Fsp3) is 0.294. The lowest BCUT2D eigenvalue weighted by Gasteiger charge is -2.21. The fourth-order valence-corrected chi connectivity index (χ4v) is 2.68. The molecule has 2 rings (SSSR count). The Hall–Kier alpha value is -1.31. The lowest BCUT2D eigenvalue weighted by molar-refractivity contribution is 0.845. The molecular formula is C17H20ClN. The van der Waals surface area contributed by atoms with Crippen molar-refractivity contribution < 1.29 is 0 Å². The summed E-state index contributed by atoms with van der Waals surface area (Å²) in [6.45, 7) is 8.57. The third kappa shape index (κ3) is 2.68. The molecule has 2 aromatic carbocycles. The van der Waals surface area contributed by atoms with Crippen LogP contribution in [0, 0.1) is 27.7 Å². The van der Waals surface area contributed by atoms with Crippen LogP contribution in [0.2, 0.25) is 5.02 Å². The number of rotatable bonds is 2. The molecule has 0 bridgehead atoms. The second-order valence-electron chi connectivity index (χ2n) is 5.20. The number of nitrogens with two attached hydrogens (primary N) is 1. The highest BCUT2D eigenvalue weighted by Crippen LogP contribution is 2.30. The Bertz CT molecular complexity index is 573. The summed E-state index contributed by atoms with van der Waals surface area (Å²) in [5, 5.41) is 0.741. The van der Waals surface area contributed by atoms with Crippen LogP contribution < -0.4 is 5.73 Å². The van der Waals surface area contributed by atoms with Crippen LogP contribution >= 0.6 is 11.6 Å². The molecule has 0 spiro atoms. The smallest absolute Gasteiger partial charge is 0.0557 e. The zero-order valence-corrected chi connectivity index (χ0v) is 12.7. The van der Waals surface area contributed by atoms with Gasteiger partial charge in [-0.3, -0.25) is 0 Å². The molecule has 1 atom stereocenters. The molecule has 0 aliphatic heterocycles. The number of hydrogen-bond acceptors (Lipinski definition) is 1. The van der Waals surface area contributed by atoms with Gasteiger partial charge >= 0.3 is 0 Å². The van der Waals surface area contributed by atoms with Gasteiger partial charge in [-0.05, 0) is 73.2 Å². The molecule has 2 heteroatoms. The van der Waals surface area contributed by atoms with Gasteiger partial charge in [0.1, 0.15) is 0 Å². The van der Waals surface area contributed by atoms with Crippen LogP contribution in [0.4, 0.5) is 0 Å². The van der Waals surface area contributed by atoms with E-state index in [9.17, 15) is 0 Å².